The number of carbonyl (C=O) groups is 3. The van der Waals surface area contributed by atoms with Gasteiger partial charge in [0.05, 0.1) is 25.9 Å². The Labute approximate surface area is 614 Å². The molecule has 2 heterocycles. The van der Waals surface area contributed by atoms with Gasteiger partial charge in [0.15, 0.2) is 18.7 Å². The lowest BCUT2D eigenvalue weighted by atomic mass is 9.95. The summed E-state index contributed by atoms with van der Waals surface area (Å²) in [5.41, 5.74) is 0. The quantitative estimate of drug-likeness (QED) is 0.0163. The normalized spacial score (nSPS) is 21.6. The van der Waals surface area contributed by atoms with Gasteiger partial charge in [0, 0.05) is 40.3 Å². The molecule has 0 radical (unpaired) electrons. The van der Waals surface area contributed by atoms with Gasteiger partial charge in [0.2, 0.25) is 5.91 Å². The van der Waals surface area contributed by atoms with Gasteiger partial charge in [-0.15, -0.1) is 0 Å². The summed E-state index contributed by atoms with van der Waals surface area (Å²) in [5, 5.41) is 3.01. The molecule has 0 aromatic rings. The summed E-state index contributed by atoms with van der Waals surface area (Å²) in [6.07, 6.45) is 30.7. The molecule has 0 saturated carbocycles. The zero-order valence-corrected chi connectivity index (χ0v) is 65.5. The molecule has 1 amide bonds. The van der Waals surface area contributed by atoms with Crippen molar-refractivity contribution in [2.75, 3.05) is 60.5 Å². The van der Waals surface area contributed by atoms with Crippen LogP contribution in [0.5, 0.6) is 0 Å². The minimum Gasteiger partial charge on any atom is -0.431 e. The molecule has 0 unspecified atom stereocenters. The summed E-state index contributed by atoms with van der Waals surface area (Å²) in [6.45, 7) is 14.5. The van der Waals surface area contributed by atoms with Crippen LogP contribution in [-0.4, -0.2) is 172 Å². The van der Waals surface area contributed by atoms with Crippen LogP contribution in [0.25, 0.3) is 0 Å². The lowest BCUT2D eigenvalue weighted by Gasteiger charge is -2.47. The van der Waals surface area contributed by atoms with Gasteiger partial charge in [-0.1, -0.05) is 258 Å². The van der Waals surface area contributed by atoms with Gasteiger partial charge < -0.3 is 81.7 Å². The van der Waals surface area contributed by atoms with E-state index in [0.29, 0.717) is 25.7 Å². The highest BCUT2D eigenvalue weighted by atomic mass is 31.2. The van der Waals surface area contributed by atoms with Crippen LogP contribution < -0.4 is 5.32 Å². The number of ether oxygens (including phenoxy) is 12. The second-order valence-corrected chi connectivity index (χ2v) is 29.8. The van der Waals surface area contributed by atoms with Gasteiger partial charge in [-0.25, -0.2) is 18.7 Å². The molecule has 2 fully saturated rings. The number of amides is 1. The number of methoxy groups -OCH3 is 2. The molecule has 598 valence electrons. The largest absolute Gasteiger partial charge is 0.509 e. The first-order chi connectivity index (χ1) is 49.4. The van der Waals surface area contributed by atoms with E-state index in [1.807, 2.05) is 0 Å². The summed E-state index contributed by atoms with van der Waals surface area (Å²) in [4.78, 5) is 83.4. The molecule has 2 aliphatic rings. The van der Waals surface area contributed by atoms with E-state index in [-0.39, 0.29) is 58.6 Å². The van der Waals surface area contributed by atoms with Crippen molar-refractivity contribution in [3.63, 3.8) is 0 Å². The first-order valence-electron chi connectivity index (χ1n) is 39.5. The number of phosphoric ester groups is 2. The Morgan fingerprint density at radius 3 is 1.39 bits per heavy atom. The fourth-order valence-corrected chi connectivity index (χ4v) is 13.9. The summed E-state index contributed by atoms with van der Waals surface area (Å²) in [5.74, 6) is -0.445. The Morgan fingerprint density at radius 2 is 0.882 bits per heavy atom. The molecule has 24 nitrogen and oxygen atoms in total. The minimum atomic E-state index is -5.47. The predicted octanol–water partition coefficient (Wildman–Crippen LogP) is 17.8. The first kappa shape index (κ1) is 95.2. The number of nitrogens with one attached hydrogen (secondary N) is 1. The Hall–Kier alpha value is -2.87. The topological polar surface area (TPSA) is 308 Å². The van der Waals surface area contributed by atoms with Crippen LogP contribution in [0, 0.1) is 0 Å². The van der Waals surface area contributed by atoms with Crippen LogP contribution in [0.2, 0.25) is 0 Å². The van der Waals surface area contributed by atoms with Crippen LogP contribution in [-0.2, 0) is 79.8 Å². The predicted molar refractivity (Wildman–Crippen MR) is 396 cm³/mol. The summed E-state index contributed by atoms with van der Waals surface area (Å²) in [7, 11) is -7.82. The SMILES string of the molecule is C=CCOC(=O)O[C@H](CCCCCCCCCCC)CCO[C@H]1[C@@H](OP(=O)(O)O)O[C@H](CO[C@@H]2O[C@H](COC)[C@@H](OP(=O)(O)O)[C@H](OCC[C@@H](CCCCCCC)OC)[C@H]2NC(=O)CCCCCCCCC/C=C\CCCCCC)[C@@H](OC(=O)OCC=C)[C@@H]1OCCCCCCCCCCCC. The van der Waals surface area contributed by atoms with E-state index in [9.17, 15) is 43.1 Å². The summed E-state index contributed by atoms with van der Waals surface area (Å²) >= 11 is 0. The second kappa shape index (κ2) is 62.1. The van der Waals surface area contributed by atoms with Crippen molar-refractivity contribution < 1.29 is 109 Å². The fraction of sp³-hybridized carbons (Fsp3) is 0.882. The highest BCUT2D eigenvalue weighted by Gasteiger charge is 2.55. The average Bonchev–Trinajstić information content (AvgIpc) is 0.783. The molecule has 0 spiro atoms. The van der Waals surface area contributed by atoms with Crippen molar-refractivity contribution in [3.05, 3.63) is 37.5 Å². The van der Waals surface area contributed by atoms with Crippen LogP contribution in [0.15, 0.2) is 37.5 Å². The maximum absolute atomic E-state index is 14.4. The number of unbranched alkanes of at least 4 members (excludes halogenated alkanes) is 32. The van der Waals surface area contributed by atoms with E-state index in [0.717, 1.165) is 161 Å². The van der Waals surface area contributed by atoms with E-state index >= 15 is 0 Å². The van der Waals surface area contributed by atoms with Crippen molar-refractivity contribution in [1.29, 1.82) is 0 Å². The van der Waals surface area contributed by atoms with Crippen LogP contribution >= 0.6 is 15.6 Å². The molecule has 2 rings (SSSR count). The third-order valence-corrected chi connectivity index (χ3v) is 19.5. The number of hydrogen-bond donors (Lipinski definition) is 5. The monoisotopic (exact) mass is 1500 g/mol. The molecule has 102 heavy (non-hydrogen) atoms. The maximum atomic E-state index is 14.4. The lowest BCUT2D eigenvalue weighted by Crippen LogP contribution is -2.67. The molecular weight excluding hydrogens is 1360 g/mol. The van der Waals surface area contributed by atoms with Crippen molar-refractivity contribution >= 4 is 33.9 Å². The zero-order valence-electron chi connectivity index (χ0n) is 63.7. The van der Waals surface area contributed by atoms with Crippen LogP contribution in [0.1, 0.15) is 297 Å². The molecule has 0 aromatic heterocycles. The molecule has 12 atom stereocenters. The van der Waals surface area contributed by atoms with Crippen molar-refractivity contribution in [3.8, 4) is 0 Å². The molecule has 26 heteroatoms. The Balaban J connectivity index is 2.71. The maximum Gasteiger partial charge on any atom is 0.509 e. The van der Waals surface area contributed by atoms with Crippen molar-refractivity contribution in [2.45, 2.75) is 371 Å². The van der Waals surface area contributed by atoms with E-state index in [1.165, 1.54) is 89.9 Å². The molecule has 0 aliphatic carbocycles. The van der Waals surface area contributed by atoms with Gasteiger partial charge in [-0.05, 0) is 64.2 Å². The third kappa shape index (κ3) is 47.7. The van der Waals surface area contributed by atoms with Crippen molar-refractivity contribution in [2.24, 2.45) is 0 Å². The van der Waals surface area contributed by atoms with Gasteiger partial charge in [-0.3, -0.25) is 13.8 Å². The lowest BCUT2D eigenvalue weighted by molar-refractivity contribution is -0.319. The van der Waals surface area contributed by atoms with Gasteiger partial charge >= 0.3 is 28.0 Å². The molecule has 0 aromatic carbocycles. The highest BCUT2D eigenvalue weighted by Crippen LogP contribution is 2.45. The number of phosphoric acid groups is 2. The summed E-state index contributed by atoms with van der Waals surface area (Å²) < 4.78 is 111. The van der Waals surface area contributed by atoms with Gasteiger partial charge in [-0.2, -0.15) is 0 Å². The Morgan fingerprint density at radius 1 is 0.451 bits per heavy atom. The van der Waals surface area contributed by atoms with Gasteiger partial charge in [0.25, 0.3) is 0 Å². The Bertz CT molecular complexity index is 2210. The fourth-order valence-electron chi connectivity index (χ4n) is 12.9. The van der Waals surface area contributed by atoms with E-state index in [1.54, 1.807) is 7.11 Å². The smallest absolute Gasteiger partial charge is 0.431 e. The molecule has 2 saturated heterocycles. The number of allylic oxidation sites excluding steroid dienone is 2. The van der Waals surface area contributed by atoms with Gasteiger partial charge in [0.1, 0.15) is 62.0 Å². The zero-order chi connectivity index (χ0) is 74.7. The summed E-state index contributed by atoms with van der Waals surface area (Å²) in [6, 6.07) is -1.37. The number of hydrogen-bond acceptors (Lipinski definition) is 19. The average molecular weight is 1500 g/mol. The van der Waals surface area contributed by atoms with E-state index in [2.05, 4.69) is 58.3 Å². The molecule has 0 bridgehead atoms. The van der Waals surface area contributed by atoms with E-state index < -0.39 is 108 Å². The van der Waals surface area contributed by atoms with Crippen molar-refractivity contribution in [1.82, 2.24) is 5.32 Å². The number of carbonyl (C=O) groups excluding carboxylic acids is 3. The first-order valence-corrected chi connectivity index (χ1v) is 42.5. The molecular formula is C76H141NO23P2. The second-order valence-electron chi connectivity index (χ2n) is 27.4. The highest BCUT2D eigenvalue weighted by molar-refractivity contribution is 7.46. The van der Waals surface area contributed by atoms with E-state index in [4.69, 9.17) is 65.9 Å². The molecule has 2 aliphatic heterocycles. The van der Waals surface area contributed by atoms with Crippen LogP contribution in [0.3, 0.4) is 0 Å². The standard InChI is InChI=1S/C76H141NO23P2/c1-9-15-19-23-26-29-31-32-33-34-35-37-40-44-48-52-66(78)77-67-70(90-58-53-62(88-8)50-46-42-22-18-12-4)69(99-101(81,82)83)64(60-87-7)96-73(67)94-61-65-68(98-76(80)93-56-14-6)71(89-57-49-45-41-38-30-27-24-20-16-10-2)72(74(97-65)100-102(84,85)86)91-59-54-63(95-75(79)92-55-13-5)51-47-43-39-36-28-25-21-17-11-3/h13-14,29,31,62-65,67-74H,5-6,9-12,15-28,30,32-61H2,1-4,7-8H3,(H,77,78)(H2,81,82,83)(H2,84,85,86)/b31-29-/t62-,63-,64-,65-,67-,68-,69-,70-,71+,72-,73-,74-/m1/s1. The van der Waals surface area contributed by atoms with Crippen LogP contribution in [0.4, 0.5) is 9.59 Å². The Kier molecular flexibility index (Phi) is 57.9. The minimum absolute atomic E-state index is 0.0197. The number of rotatable bonds is 68. The molecule has 5 N–H and O–H groups in total. The third-order valence-electron chi connectivity index (χ3n) is 18.5.